The molecular weight excluding hydrogens is 332 g/mol. The largest absolute Gasteiger partial charge is 0.484 e. The van der Waals surface area contributed by atoms with Gasteiger partial charge in [-0.3, -0.25) is 4.79 Å². The molecule has 130 valence electrons. The molecule has 1 heterocycles. The van der Waals surface area contributed by atoms with E-state index in [9.17, 15) is 4.79 Å². The number of anilines is 1. The number of carbonyl (C=O) groups excluding carboxylic acids is 1. The molecule has 3 rings (SSSR count). The Bertz CT molecular complexity index is 753. The molecule has 4 nitrogen and oxygen atoms in total. The molecule has 2 aromatic rings. The lowest BCUT2D eigenvalue weighted by atomic mass is 10.2. The van der Waals surface area contributed by atoms with Crippen molar-refractivity contribution in [3.8, 4) is 5.75 Å². The maximum absolute atomic E-state index is 12.0. The quantitative estimate of drug-likeness (QED) is 0.830. The maximum atomic E-state index is 12.0. The van der Waals surface area contributed by atoms with E-state index >= 15 is 0 Å². The van der Waals surface area contributed by atoms with Crippen molar-refractivity contribution in [3.63, 3.8) is 0 Å². The molecule has 1 aliphatic heterocycles. The van der Waals surface area contributed by atoms with Gasteiger partial charge in [0.15, 0.2) is 6.61 Å². The van der Waals surface area contributed by atoms with E-state index < -0.39 is 0 Å². The van der Waals surface area contributed by atoms with E-state index in [0.717, 1.165) is 34.9 Å². The second-order valence-electron chi connectivity index (χ2n) is 6.23. The summed E-state index contributed by atoms with van der Waals surface area (Å²) < 4.78 is 5.56. The number of hydrogen-bond donors (Lipinski definition) is 1. The molecule has 0 bridgehead atoms. The highest BCUT2D eigenvalue weighted by molar-refractivity contribution is 7.80. The van der Waals surface area contributed by atoms with Gasteiger partial charge in [0, 0.05) is 24.3 Å². The van der Waals surface area contributed by atoms with E-state index in [1.165, 1.54) is 12.8 Å². The van der Waals surface area contributed by atoms with Crippen molar-refractivity contribution < 1.29 is 9.53 Å². The second kappa shape index (κ2) is 8.12. The number of ether oxygens (including phenoxy) is 1. The molecule has 0 aliphatic carbocycles. The van der Waals surface area contributed by atoms with Crippen molar-refractivity contribution in [1.82, 2.24) is 4.90 Å². The zero-order valence-corrected chi connectivity index (χ0v) is 15.1. The number of nitrogens with one attached hydrogen (secondary N) is 1. The van der Waals surface area contributed by atoms with E-state index in [1.54, 1.807) is 0 Å². The molecule has 2 aromatic carbocycles. The van der Waals surface area contributed by atoms with Gasteiger partial charge in [0.05, 0.1) is 0 Å². The molecule has 0 unspecified atom stereocenters. The van der Waals surface area contributed by atoms with Gasteiger partial charge in [-0.25, -0.2) is 0 Å². The van der Waals surface area contributed by atoms with E-state index in [1.807, 2.05) is 55.5 Å². The number of nitrogens with zero attached hydrogens (tertiary/aromatic N) is 1. The zero-order valence-electron chi connectivity index (χ0n) is 14.3. The van der Waals surface area contributed by atoms with Crippen molar-refractivity contribution >= 4 is 28.8 Å². The van der Waals surface area contributed by atoms with Crippen LogP contribution in [-0.4, -0.2) is 35.5 Å². The lowest BCUT2D eigenvalue weighted by molar-refractivity contribution is -0.118. The monoisotopic (exact) mass is 354 g/mol. The smallest absolute Gasteiger partial charge is 0.262 e. The molecular formula is C20H22N2O2S. The van der Waals surface area contributed by atoms with Gasteiger partial charge < -0.3 is 15.0 Å². The molecule has 0 saturated carbocycles. The summed E-state index contributed by atoms with van der Waals surface area (Å²) in [6.07, 6.45) is 2.41. The van der Waals surface area contributed by atoms with Crippen LogP contribution < -0.4 is 10.1 Å². The molecule has 25 heavy (non-hydrogen) atoms. The van der Waals surface area contributed by atoms with Gasteiger partial charge in [0.25, 0.3) is 5.91 Å². The molecule has 1 aliphatic rings. The number of benzene rings is 2. The van der Waals surface area contributed by atoms with Crippen molar-refractivity contribution in [2.24, 2.45) is 0 Å². The highest BCUT2D eigenvalue weighted by atomic mass is 32.1. The summed E-state index contributed by atoms with van der Waals surface area (Å²) in [5, 5.41) is 2.83. The van der Waals surface area contributed by atoms with Crippen LogP contribution in [-0.2, 0) is 4.79 Å². The van der Waals surface area contributed by atoms with Crippen molar-refractivity contribution in [1.29, 1.82) is 0 Å². The summed E-state index contributed by atoms with van der Waals surface area (Å²) >= 11 is 5.53. The highest BCUT2D eigenvalue weighted by Crippen LogP contribution is 2.17. The Labute approximate surface area is 153 Å². The summed E-state index contributed by atoms with van der Waals surface area (Å²) in [5.74, 6) is 0.481. The first-order valence-corrected chi connectivity index (χ1v) is 8.91. The van der Waals surface area contributed by atoms with Gasteiger partial charge in [-0.2, -0.15) is 0 Å². The third-order valence-electron chi connectivity index (χ3n) is 4.17. The SMILES string of the molecule is Cc1cccc(NC(=O)COc2ccc(C(=S)N3CCCC3)cc2)c1. The minimum Gasteiger partial charge on any atom is -0.484 e. The van der Waals surface area contributed by atoms with Gasteiger partial charge in [0.2, 0.25) is 0 Å². The Morgan fingerprint density at radius 1 is 1.16 bits per heavy atom. The van der Waals surface area contributed by atoms with Gasteiger partial charge >= 0.3 is 0 Å². The normalized spacial score (nSPS) is 13.6. The van der Waals surface area contributed by atoms with Crippen LogP contribution in [0, 0.1) is 6.92 Å². The average molecular weight is 354 g/mol. The fourth-order valence-electron chi connectivity index (χ4n) is 2.87. The number of likely N-dealkylation sites (tertiary alicyclic amines) is 1. The van der Waals surface area contributed by atoms with Gasteiger partial charge in [-0.15, -0.1) is 0 Å². The van der Waals surface area contributed by atoms with Gasteiger partial charge in [0.1, 0.15) is 10.7 Å². The van der Waals surface area contributed by atoms with Crippen molar-refractivity contribution in [2.45, 2.75) is 19.8 Å². The molecule has 5 heteroatoms. The summed E-state index contributed by atoms with van der Waals surface area (Å²) in [6, 6.07) is 15.3. The Morgan fingerprint density at radius 3 is 2.56 bits per heavy atom. The first-order valence-electron chi connectivity index (χ1n) is 8.50. The molecule has 0 spiro atoms. The minimum absolute atomic E-state index is 0.0239. The lowest BCUT2D eigenvalue weighted by Gasteiger charge is -2.18. The number of rotatable bonds is 5. The van der Waals surface area contributed by atoms with Crippen LogP contribution in [0.5, 0.6) is 5.75 Å². The van der Waals surface area contributed by atoms with E-state index in [0.29, 0.717) is 5.75 Å². The molecule has 0 radical (unpaired) electrons. The predicted molar refractivity (Wildman–Crippen MR) is 104 cm³/mol. The number of amides is 1. The minimum atomic E-state index is -0.178. The van der Waals surface area contributed by atoms with Crippen LogP contribution in [0.2, 0.25) is 0 Å². The first-order chi connectivity index (χ1) is 12.1. The Hall–Kier alpha value is -2.40. The van der Waals surface area contributed by atoms with Gasteiger partial charge in [-0.1, -0.05) is 24.4 Å². The first kappa shape index (κ1) is 17.4. The Morgan fingerprint density at radius 2 is 1.88 bits per heavy atom. The van der Waals surface area contributed by atoms with Crippen LogP contribution in [0.25, 0.3) is 0 Å². The maximum Gasteiger partial charge on any atom is 0.262 e. The molecule has 0 atom stereocenters. The predicted octanol–water partition coefficient (Wildman–Crippen LogP) is 3.78. The number of aryl methyl sites for hydroxylation is 1. The van der Waals surface area contributed by atoms with Crippen molar-refractivity contribution in [3.05, 3.63) is 59.7 Å². The second-order valence-corrected chi connectivity index (χ2v) is 6.62. The number of hydrogen-bond acceptors (Lipinski definition) is 3. The van der Waals surface area contributed by atoms with Gasteiger partial charge in [-0.05, 0) is 61.7 Å². The third kappa shape index (κ3) is 4.79. The van der Waals surface area contributed by atoms with Crippen LogP contribution in [0.15, 0.2) is 48.5 Å². The standard InChI is InChI=1S/C20H22N2O2S/c1-15-5-4-6-17(13-15)21-19(23)14-24-18-9-7-16(8-10-18)20(25)22-11-2-3-12-22/h4-10,13H,2-3,11-12,14H2,1H3,(H,21,23). The summed E-state index contributed by atoms with van der Waals surface area (Å²) in [7, 11) is 0. The molecule has 1 N–H and O–H groups in total. The molecule has 1 fully saturated rings. The van der Waals surface area contributed by atoms with E-state index in [4.69, 9.17) is 17.0 Å². The van der Waals surface area contributed by atoms with Crippen LogP contribution in [0.3, 0.4) is 0 Å². The molecule has 0 aromatic heterocycles. The molecule has 1 saturated heterocycles. The van der Waals surface area contributed by atoms with Crippen molar-refractivity contribution in [2.75, 3.05) is 25.0 Å². The Kier molecular flexibility index (Phi) is 5.66. The number of thiocarbonyl (C=S) groups is 1. The lowest BCUT2D eigenvalue weighted by Crippen LogP contribution is -2.26. The van der Waals surface area contributed by atoms with Crippen LogP contribution in [0.1, 0.15) is 24.0 Å². The highest BCUT2D eigenvalue weighted by Gasteiger charge is 2.16. The Balaban J connectivity index is 1.51. The van der Waals surface area contributed by atoms with E-state index in [2.05, 4.69) is 10.2 Å². The summed E-state index contributed by atoms with van der Waals surface area (Å²) in [6.45, 7) is 4.04. The van der Waals surface area contributed by atoms with Crippen LogP contribution in [0.4, 0.5) is 5.69 Å². The average Bonchev–Trinajstić information content (AvgIpc) is 3.14. The summed E-state index contributed by atoms with van der Waals surface area (Å²) in [5.41, 5.74) is 2.90. The third-order valence-corrected chi connectivity index (χ3v) is 4.66. The zero-order chi connectivity index (χ0) is 17.6. The molecule has 1 amide bonds. The fraction of sp³-hybridized carbons (Fsp3) is 0.300. The van der Waals surface area contributed by atoms with E-state index in [-0.39, 0.29) is 12.5 Å². The fourth-order valence-corrected chi connectivity index (χ4v) is 3.18. The van der Waals surface area contributed by atoms with Crippen LogP contribution >= 0.6 is 12.2 Å². The topological polar surface area (TPSA) is 41.6 Å². The summed E-state index contributed by atoms with van der Waals surface area (Å²) in [4.78, 5) is 15.1. The number of carbonyl (C=O) groups is 1.